The average Bonchev–Trinajstić information content (AvgIpc) is 3.20. The summed E-state index contributed by atoms with van der Waals surface area (Å²) in [6.07, 6.45) is 17.3. The van der Waals surface area contributed by atoms with Crippen molar-refractivity contribution in [1.82, 2.24) is 5.32 Å². The molecule has 5 nitrogen and oxygen atoms in total. The highest BCUT2D eigenvalue weighted by atomic mass is 16.6. The Morgan fingerprint density at radius 1 is 0.875 bits per heavy atom. The summed E-state index contributed by atoms with van der Waals surface area (Å²) in [5, 5.41) is 10.9. The van der Waals surface area contributed by atoms with Crippen LogP contribution in [0, 0.1) is 25.7 Å². The molecule has 0 aromatic heterocycles. The van der Waals surface area contributed by atoms with Crippen LogP contribution in [0.4, 0.5) is 0 Å². The van der Waals surface area contributed by atoms with Gasteiger partial charge in [-0.3, -0.25) is 5.32 Å². The molecule has 7 rings (SSSR count). The number of allylic oxidation sites excluding steroid dienone is 1. The Balaban J connectivity index is 1.14. The third-order valence-corrected chi connectivity index (χ3v) is 14.1. The molecule has 4 unspecified atom stereocenters. The van der Waals surface area contributed by atoms with E-state index in [0.29, 0.717) is 18.6 Å². The van der Waals surface area contributed by atoms with Gasteiger partial charge in [-0.25, -0.2) is 0 Å². The van der Waals surface area contributed by atoms with Gasteiger partial charge >= 0.3 is 0 Å². The SMILES string of the molecule is C=C(C)CCCC1CCCC(OCC(=C)C2Cc3c(c(C)c4c(=C)c5c(CC)cccc5c(=C)c4c3C)[C@@H](OC3CCC(OC4NCCO[C@@H]4CC)CC3)C2)C1. The molecule has 3 aromatic carbocycles. The second kappa shape index (κ2) is 18.4. The van der Waals surface area contributed by atoms with E-state index in [1.165, 1.54) is 92.6 Å². The maximum Gasteiger partial charge on any atom is 0.135 e. The van der Waals surface area contributed by atoms with E-state index in [1.807, 2.05) is 0 Å². The number of benzene rings is 3. The van der Waals surface area contributed by atoms with E-state index in [1.54, 1.807) is 0 Å². The summed E-state index contributed by atoms with van der Waals surface area (Å²) in [6.45, 7) is 31.9. The summed E-state index contributed by atoms with van der Waals surface area (Å²) < 4.78 is 26.7. The van der Waals surface area contributed by atoms with Gasteiger partial charge in [0.2, 0.25) is 0 Å². The summed E-state index contributed by atoms with van der Waals surface area (Å²) in [5.74, 6) is 1.06. The van der Waals surface area contributed by atoms with Crippen LogP contribution in [0.3, 0.4) is 0 Å². The fraction of sp³-hybridized carbons (Fsp3) is 0.608. The summed E-state index contributed by atoms with van der Waals surface area (Å²) in [7, 11) is 0. The zero-order valence-electron chi connectivity index (χ0n) is 35.5. The number of morpholine rings is 1. The van der Waals surface area contributed by atoms with Crippen molar-refractivity contribution in [1.29, 1.82) is 0 Å². The lowest BCUT2D eigenvalue weighted by Gasteiger charge is -2.40. The number of nitrogens with one attached hydrogen (secondary N) is 1. The molecule has 304 valence electrons. The van der Waals surface area contributed by atoms with Gasteiger partial charge in [-0.1, -0.05) is 76.6 Å². The van der Waals surface area contributed by atoms with Gasteiger partial charge in [0.05, 0.1) is 43.7 Å². The maximum absolute atomic E-state index is 7.35. The van der Waals surface area contributed by atoms with Crippen LogP contribution in [-0.2, 0) is 31.8 Å². The van der Waals surface area contributed by atoms with E-state index >= 15 is 0 Å². The molecule has 3 aliphatic carbocycles. The van der Waals surface area contributed by atoms with E-state index in [-0.39, 0.29) is 30.6 Å². The zero-order chi connectivity index (χ0) is 39.5. The molecule has 0 amide bonds. The Morgan fingerprint density at radius 3 is 2.36 bits per heavy atom. The minimum absolute atomic E-state index is 0.0129. The van der Waals surface area contributed by atoms with Crippen LogP contribution >= 0.6 is 0 Å². The lowest BCUT2D eigenvalue weighted by Crippen LogP contribution is -2.51. The molecule has 0 bridgehead atoms. The summed E-state index contributed by atoms with van der Waals surface area (Å²) >= 11 is 0. The molecule has 0 spiro atoms. The second-order valence-corrected chi connectivity index (χ2v) is 18.0. The van der Waals surface area contributed by atoms with Crippen molar-refractivity contribution < 1.29 is 18.9 Å². The van der Waals surface area contributed by atoms with E-state index in [0.717, 1.165) is 93.7 Å². The van der Waals surface area contributed by atoms with Crippen LogP contribution in [0.1, 0.15) is 138 Å². The quantitative estimate of drug-likeness (QED) is 0.131. The Kier molecular flexibility index (Phi) is 13.6. The van der Waals surface area contributed by atoms with Crippen LogP contribution < -0.4 is 15.8 Å². The van der Waals surface area contributed by atoms with Crippen LogP contribution in [-0.4, -0.2) is 50.4 Å². The van der Waals surface area contributed by atoms with Crippen molar-refractivity contribution in [3.05, 3.63) is 80.8 Å². The first-order valence-corrected chi connectivity index (χ1v) is 22.3. The smallest absolute Gasteiger partial charge is 0.135 e. The molecule has 1 N–H and O–H groups in total. The number of hydrogen-bond donors (Lipinski definition) is 1. The van der Waals surface area contributed by atoms with Crippen molar-refractivity contribution in [2.24, 2.45) is 11.8 Å². The topological polar surface area (TPSA) is 49.0 Å². The lowest BCUT2D eigenvalue weighted by molar-refractivity contribution is -0.155. The molecule has 1 saturated heterocycles. The van der Waals surface area contributed by atoms with Gasteiger partial charge in [0.15, 0.2) is 0 Å². The van der Waals surface area contributed by atoms with Gasteiger partial charge in [0, 0.05) is 6.54 Å². The van der Waals surface area contributed by atoms with Gasteiger partial charge in [-0.15, -0.1) is 6.58 Å². The Labute approximate surface area is 338 Å². The Bertz CT molecular complexity index is 1990. The van der Waals surface area contributed by atoms with Gasteiger partial charge in [0.25, 0.3) is 0 Å². The number of fused-ring (bicyclic) bond motifs is 3. The minimum Gasteiger partial charge on any atom is -0.374 e. The van der Waals surface area contributed by atoms with Gasteiger partial charge in [0.1, 0.15) is 6.23 Å². The summed E-state index contributed by atoms with van der Waals surface area (Å²) in [4.78, 5) is 0. The number of hydrogen-bond acceptors (Lipinski definition) is 5. The monoisotopic (exact) mass is 762 g/mol. The standard InChI is InChI=1S/C51H71NO4/c1-10-38-18-14-20-43-33(6)47-34(7)44-28-39(32(5)30-54-42-19-13-17-37(27-42)16-12-15-31(3)4)29-46(50(44)36(9)48(47)35(8)49(38)43)55-40-21-23-41(24-22-40)56-51-45(11-2)53-26-25-52-51/h14,18,20,37,39-42,45-46,51-52H,3,5-6,8,10-13,15-17,19,21-30H2,1-2,4,7,9H3/t37?,39?,40?,41?,42?,45-,46+,51?/m1/s1. The number of aryl methyl sites for hydroxylation is 3. The lowest BCUT2D eigenvalue weighted by atomic mass is 9.73. The van der Waals surface area contributed by atoms with Crippen molar-refractivity contribution in [3.8, 4) is 0 Å². The predicted octanol–water partition coefficient (Wildman–Crippen LogP) is 10.5. The highest BCUT2D eigenvalue weighted by Gasteiger charge is 2.37. The second-order valence-electron chi connectivity index (χ2n) is 18.0. The molecule has 3 fully saturated rings. The predicted molar refractivity (Wildman–Crippen MR) is 235 cm³/mol. The average molecular weight is 762 g/mol. The first kappa shape index (κ1) is 41.4. The maximum atomic E-state index is 7.35. The van der Waals surface area contributed by atoms with E-state index in [2.05, 4.69) is 64.7 Å². The van der Waals surface area contributed by atoms with E-state index in [9.17, 15) is 0 Å². The first-order chi connectivity index (χ1) is 27.1. The highest BCUT2D eigenvalue weighted by molar-refractivity contribution is 6.04. The number of rotatable bonds is 14. The molecule has 4 aliphatic rings. The molecular formula is C51H71NO4. The van der Waals surface area contributed by atoms with Crippen LogP contribution in [0.2, 0.25) is 0 Å². The summed E-state index contributed by atoms with van der Waals surface area (Å²) in [5.41, 5.74) is 9.32. The molecule has 1 heterocycles. The van der Waals surface area contributed by atoms with E-state index < -0.39 is 0 Å². The van der Waals surface area contributed by atoms with Gasteiger partial charge in [-0.05, 0) is 175 Å². The third kappa shape index (κ3) is 8.78. The zero-order valence-corrected chi connectivity index (χ0v) is 35.5. The molecular weight excluding hydrogens is 691 g/mol. The first-order valence-electron chi connectivity index (χ1n) is 22.3. The molecule has 3 aromatic rings. The summed E-state index contributed by atoms with van der Waals surface area (Å²) in [6, 6.07) is 6.68. The largest absolute Gasteiger partial charge is 0.374 e. The Hall–Kier alpha value is -2.80. The van der Waals surface area contributed by atoms with Crippen molar-refractivity contribution in [2.45, 2.75) is 168 Å². The van der Waals surface area contributed by atoms with Crippen molar-refractivity contribution >= 4 is 34.7 Å². The Morgan fingerprint density at radius 2 is 1.62 bits per heavy atom. The molecule has 56 heavy (non-hydrogen) atoms. The third-order valence-electron chi connectivity index (χ3n) is 14.1. The van der Waals surface area contributed by atoms with Crippen molar-refractivity contribution in [3.63, 3.8) is 0 Å². The van der Waals surface area contributed by atoms with E-state index in [4.69, 9.17) is 38.7 Å². The van der Waals surface area contributed by atoms with Gasteiger partial charge < -0.3 is 18.9 Å². The molecule has 0 radical (unpaired) electrons. The molecule has 6 atom stereocenters. The number of ether oxygens (including phenoxy) is 4. The van der Waals surface area contributed by atoms with Gasteiger partial charge in [-0.2, -0.15) is 0 Å². The highest BCUT2D eigenvalue weighted by Crippen LogP contribution is 2.46. The van der Waals surface area contributed by atoms with Crippen LogP contribution in [0.15, 0.2) is 42.5 Å². The fourth-order valence-electron chi connectivity index (χ4n) is 11.0. The molecule has 2 saturated carbocycles. The fourth-order valence-corrected chi connectivity index (χ4v) is 11.0. The van der Waals surface area contributed by atoms with Crippen LogP contribution in [0.5, 0.6) is 0 Å². The van der Waals surface area contributed by atoms with Crippen LogP contribution in [0.25, 0.3) is 34.7 Å². The van der Waals surface area contributed by atoms with Crippen molar-refractivity contribution in [2.75, 3.05) is 19.8 Å². The molecule has 5 heteroatoms. The molecule has 1 aliphatic heterocycles. The normalized spacial score (nSPS) is 28.4. The minimum atomic E-state index is -0.0190.